The zero-order valence-corrected chi connectivity index (χ0v) is 21.9. The second kappa shape index (κ2) is 12.7. The molecule has 7 heteroatoms. The lowest BCUT2D eigenvalue weighted by atomic mass is 10.0. The molecule has 2 aromatic carbocycles. The number of rotatable bonds is 10. The lowest BCUT2D eigenvalue weighted by Gasteiger charge is -2.32. The van der Waals surface area contributed by atoms with Crippen molar-refractivity contribution in [3.05, 3.63) is 48.0 Å². The Hall–Kier alpha value is -3.22. The van der Waals surface area contributed by atoms with Crippen molar-refractivity contribution in [1.29, 1.82) is 0 Å². The third-order valence-corrected chi connectivity index (χ3v) is 7.18. The van der Waals surface area contributed by atoms with E-state index in [1.165, 1.54) is 12.8 Å². The van der Waals surface area contributed by atoms with Gasteiger partial charge in [0.05, 0.1) is 19.4 Å². The molecule has 1 N–H and O–H groups in total. The zero-order valence-electron chi connectivity index (χ0n) is 21.9. The molecular weight excluding hydrogens is 452 g/mol. The van der Waals surface area contributed by atoms with Gasteiger partial charge in [-0.3, -0.25) is 9.80 Å². The summed E-state index contributed by atoms with van der Waals surface area (Å²) in [5.74, 6) is 1.48. The molecule has 1 saturated carbocycles. The van der Waals surface area contributed by atoms with Crippen LogP contribution < -0.4 is 19.7 Å². The maximum atomic E-state index is 13.2. The maximum Gasteiger partial charge on any atom is 0.248 e. The van der Waals surface area contributed by atoms with Crippen LogP contribution in [0.2, 0.25) is 0 Å². The lowest BCUT2D eigenvalue weighted by Crippen LogP contribution is -2.44. The van der Waals surface area contributed by atoms with E-state index < -0.39 is 0 Å². The molecule has 4 rings (SSSR count). The van der Waals surface area contributed by atoms with Gasteiger partial charge in [-0.15, -0.1) is 0 Å². The van der Waals surface area contributed by atoms with Crippen LogP contribution in [0.4, 0.5) is 11.4 Å². The molecule has 7 nitrogen and oxygen atoms in total. The van der Waals surface area contributed by atoms with Gasteiger partial charge in [0.25, 0.3) is 0 Å². The van der Waals surface area contributed by atoms with Gasteiger partial charge in [0, 0.05) is 31.0 Å². The number of anilines is 2. The smallest absolute Gasteiger partial charge is 0.248 e. The van der Waals surface area contributed by atoms with Crippen molar-refractivity contribution in [1.82, 2.24) is 5.01 Å². The molecular formula is C29H40N4O3. The highest BCUT2D eigenvalue weighted by atomic mass is 16.5. The molecule has 1 aliphatic heterocycles. The topological polar surface area (TPSA) is 66.4 Å². The summed E-state index contributed by atoms with van der Waals surface area (Å²) in [4.78, 5) is 15.5. The van der Waals surface area contributed by atoms with Gasteiger partial charge in [0.2, 0.25) is 5.91 Å². The van der Waals surface area contributed by atoms with E-state index in [0.717, 1.165) is 80.2 Å². The third kappa shape index (κ3) is 6.50. The number of piperidine rings is 1. The normalized spacial score (nSPS) is 18.4. The van der Waals surface area contributed by atoms with Crippen LogP contribution in [0.1, 0.15) is 64.4 Å². The van der Waals surface area contributed by atoms with Gasteiger partial charge in [0.15, 0.2) is 11.5 Å². The lowest BCUT2D eigenvalue weighted by molar-refractivity contribution is -0.122. The fourth-order valence-corrected chi connectivity index (χ4v) is 5.08. The van der Waals surface area contributed by atoms with Crippen LogP contribution in [0.25, 0.3) is 0 Å². The highest BCUT2D eigenvalue weighted by Gasteiger charge is 2.28. The number of amides is 1. The first kappa shape index (κ1) is 25.9. The van der Waals surface area contributed by atoms with E-state index >= 15 is 0 Å². The number of nitrogens with zero attached hydrogens (tertiary/aromatic N) is 3. The van der Waals surface area contributed by atoms with Crippen molar-refractivity contribution < 1.29 is 14.3 Å². The summed E-state index contributed by atoms with van der Waals surface area (Å²) in [5, 5.41) is 9.75. The van der Waals surface area contributed by atoms with Crippen molar-refractivity contribution in [3.8, 4) is 11.5 Å². The molecule has 2 fully saturated rings. The number of methoxy groups -OCH3 is 1. The molecule has 1 unspecified atom stereocenters. The Morgan fingerprint density at radius 1 is 1.03 bits per heavy atom. The Morgan fingerprint density at radius 2 is 1.75 bits per heavy atom. The van der Waals surface area contributed by atoms with Crippen molar-refractivity contribution in [2.75, 3.05) is 37.0 Å². The molecule has 1 aliphatic carbocycles. The maximum absolute atomic E-state index is 13.2. The summed E-state index contributed by atoms with van der Waals surface area (Å²) >= 11 is 0. The monoisotopic (exact) mass is 492 g/mol. The summed E-state index contributed by atoms with van der Waals surface area (Å²) in [6, 6.07) is 13.7. The highest BCUT2D eigenvalue weighted by Crippen LogP contribution is 2.32. The second-order valence-corrected chi connectivity index (χ2v) is 9.56. The largest absolute Gasteiger partial charge is 0.493 e. The first-order valence-electron chi connectivity index (χ1n) is 13.4. The first-order valence-corrected chi connectivity index (χ1v) is 13.4. The van der Waals surface area contributed by atoms with Crippen LogP contribution in [0.5, 0.6) is 11.5 Å². The standard InChI is InChI=1S/C29H40N4O3/c1-4-32(5-2)24-16-14-23(15-17-24)31-29(34)26-12-8-9-19-33(26)30-21-22-13-18-27(35-3)28(20-22)36-25-10-6-7-11-25/h13-18,20-21,25-26H,4-12,19H2,1-3H3,(H,31,34)/b30-21+. The molecule has 2 aromatic rings. The number of nitrogens with one attached hydrogen (secondary N) is 1. The van der Waals surface area contributed by atoms with Crippen LogP contribution in [0, 0.1) is 0 Å². The van der Waals surface area contributed by atoms with E-state index in [0.29, 0.717) is 0 Å². The Bertz CT molecular complexity index is 1010. The van der Waals surface area contributed by atoms with Gasteiger partial charge in [-0.1, -0.05) is 0 Å². The van der Waals surface area contributed by atoms with Gasteiger partial charge in [-0.2, -0.15) is 5.10 Å². The number of carbonyl (C=O) groups excluding carboxylic acids is 1. The van der Waals surface area contributed by atoms with Crippen LogP contribution in [-0.4, -0.2) is 56.0 Å². The Labute approximate surface area is 215 Å². The minimum absolute atomic E-state index is 0.0116. The Balaban J connectivity index is 1.42. The summed E-state index contributed by atoms with van der Waals surface area (Å²) in [6.45, 7) is 6.97. The van der Waals surface area contributed by atoms with Gasteiger partial charge in [0.1, 0.15) is 6.04 Å². The molecule has 0 aromatic heterocycles. The fraction of sp³-hybridized carbons (Fsp3) is 0.517. The predicted octanol–water partition coefficient (Wildman–Crippen LogP) is 5.69. The van der Waals surface area contributed by atoms with E-state index in [1.54, 1.807) is 7.11 Å². The highest BCUT2D eigenvalue weighted by molar-refractivity contribution is 5.95. The molecule has 0 radical (unpaired) electrons. The second-order valence-electron chi connectivity index (χ2n) is 9.56. The summed E-state index contributed by atoms with van der Waals surface area (Å²) < 4.78 is 11.7. The van der Waals surface area contributed by atoms with Crippen molar-refractivity contribution in [2.24, 2.45) is 5.10 Å². The van der Waals surface area contributed by atoms with E-state index in [-0.39, 0.29) is 18.1 Å². The van der Waals surface area contributed by atoms with E-state index in [4.69, 9.17) is 14.6 Å². The molecule has 1 saturated heterocycles. The number of ether oxygens (including phenoxy) is 2. The minimum atomic E-state index is -0.287. The molecule has 1 heterocycles. The van der Waals surface area contributed by atoms with E-state index in [2.05, 4.69) is 36.2 Å². The van der Waals surface area contributed by atoms with Gasteiger partial charge in [-0.25, -0.2) is 0 Å². The number of hydrogen-bond donors (Lipinski definition) is 1. The fourth-order valence-electron chi connectivity index (χ4n) is 5.08. The molecule has 0 bridgehead atoms. The van der Waals surface area contributed by atoms with E-state index in [1.807, 2.05) is 41.6 Å². The Kier molecular flexibility index (Phi) is 9.09. The minimum Gasteiger partial charge on any atom is -0.493 e. The number of carbonyl (C=O) groups is 1. The SMILES string of the molecule is CCN(CC)c1ccc(NC(=O)C2CCCCN2/N=C/c2ccc(OC)c(OC3CCCC3)c2)cc1. The zero-order chi connectivity index (χ0) is 25.3. The van der Waals surface area contributed by atoms with Crippen molar-refractivity contribution in [2.45, 2.75) is 70.9 Å². The average Bonchev–Trinajstić information content (AvgIpc) is 3.42. The average molecular weight is 493 g/mol. The van der Waals surface area contributed by atoms with Gasteiger partial charge in [-0.05, 0) is 107 Å². The number of hydrazone groups is 1. The third-order valence-electron chi connectivity index (χ3n) is 7.18. The summed E-state index contributed by atoms with van der Waals surface area (Å²) in [7, 11) is 1.67. The predicted molar refractivity (Wildman–Crippen MR) is 146 cm³/mol. The number of hydrogen-bond acceptors (Lipinski definition) is 6. The van der Waals surface area contributed by atoms with Gasteiger partial charge >= 0.3 is 0 Å². The van der Waals surface area contributed by atoms with Crippen LogP contribution >= 0.6 is 0 Å². The summed E-state index contributed by atoms with van der Waals surface area (Å²) in [6.07, 6.45) is 9.52. The molecule has 36 heavy (non-hydrogen) atoms. The summed E-state index contributed by atoms with van der Waals surface area (Å²) in [5.41, 5.74) is 2.91. The van der Waals surface area contributed by atoms with Crippen LogP contribution in [-0.2, 0) is 4.79 Å². The molecule has 0 spiro atoms. The quantitative estimate of drug-likeness (QED) is 0.432. The van der Waals surface area contributed by atoms with Crippen LogP contribution in [0.3, 0.4) is 0 Å². The Morgan fingerprint density at radius 3 is 2.44 bits per heavy atom. The first-order chi connectivity index (χ1) is 17.6. The molecule has 1 atom stereocenters. The molecule has 2 aliphatic rings. The van der Waals surface area contributed by atoms with Gasteiger partial charge < -0.3 is 19.7 Å². The number of benzene rings is 2. The van der Waals surface area contributed by atoms with E-state index in [9.17, 15) is 4.79 Å². The molecule has 194 valence electrons. The molecule has 1 amide bonds. The van der Waals surface area contributed by atoms with Crippen molar-refractivity contribution in [3.63, 3.8) is 0 Å². The van der Waals surface area contributed by atoms with Crippen molar-refractivity contribution >= 4 is 23.5 Å². The van der Waals surface area contributed by atoms with Crippen LogP contribution in [0.15, 0.2) is 47.6 Å².